The van der Waals surface area contributed by atoms with E-state index in [4.69, 9.17) is 5.11 Å². The second-order valence-electron chi connectivity index (χ2n) is 10.8. The molecule has 4 saturated carbocycles. The van der Waals surface area contributed by atoms with Gasteiger partial charge in [-0.1, -0.05) is 13.8 Å². The fourth-order valence-corrected chi connectivity index (χ4v) is 7.79. The maximum Gasteiger partial charge on any atom is 0.364 e. The van der Waals surface area contributed by atoms with Crippen molar-refractivity contribution in [2.75, 3.05) is 0 Å². The summed E-state index contributed by atoms with van der Waals surface area (Å²) >= 11 is 0. The molecule has 0 radical (unpaired) electrons. The van der Waals surface area contributed by atoms with Crippen molar-refractivity contribution in [1.29, 1.82) is 0 Å². The number of hydrogen-bond acceptors (Lipinski definition) is 5. The van der Waals surface area contributed by atoms with Gasteiger partial charge in [-0.05, 0) is 73.0 Å². The smallest absolute Gasteiger partial charge is 0.364 e. The third kappa shape index (κ3) is 3.18. The third-order valence-corrected chi connectivity index (χ3v) is 9.67. The lowest BCUT2D eigenvalue weighted by atomic mass is 9.44. The Kier molecular flexibility index (Phi) is 4.97. The van der Waals surface area contributed by atoms with Crippen LogP contribution in [0.2, 0.25) is 0 Å². The number of carboxylic acids is 1. The summed E-state index contributed by atoms with van der Waals surface area (Å²) in [4.78, 5) is 36.3. The van der Waals surface area contributed by atoms with E-state index in [9.17, 15) is 24.6 Å². The van der Waals surface area contributed by atoms with Crippen LogP contribution in [-0.2, 0) is 14.4 Å². The van der Waals surface area contributed by atoms with Gasteiger partial charge in [-0.3, -0.25) is 9.59 Å². The Morgan fingerprint density at radius 3 is 2.41 bits per heavy atom. The molecule has 0 aromatic rings. The maximum atomic E-state index is 13.3. The fourth-order valence-electron chi connectivity index (χ4n) is 7.79. The zero-order chi connectivity index (χ0) is 21.2. The SMILES string of the molecule is CC12CCC3C(C(=O)CC4CC(=O)CCC43C)C1CCC2CCC(O)(O)C(=O)O. The molecular formula is C23H34O6. The summed E-state index contributed by atoms with van der Waals surface area (Å²) in [6, 6.07) is 0. The van der Waals surface area contributed by atoms with Crippen LogP contribution in [0.3, 0.4) is 0 Å². The van der Waals surface area contributed by atoms with Crippen molar-refractivity contribution in [3.8, 4) is 0 Å². The molecule has 0 spiro atoms. The van der Waals surface area contributed by atoms with Gasteiger partial charge in [-0.15, -0.1) is 0 Å². The molecule has 4 aliphatic rings. The van der Waals surface area contributed by atoms with E-state index >= 15 is 0 Å². The number of Topliss-reactive ketones (excluding diaryl/α,β-unsaturated/α-hetero) is 2. The highest BCUT2D eigenvalue weighted by Crippen LogP contribution is 2.67. The molecule has 6 nitrogen and oxygen atoms in total. The topological polar surface area (TPSA) is 112 Å². The lowest BCUT2D eigenvalue weighted by Crippen LogP contribution is -2.57. The zero-order valence-electron chi connectivity index (χ0n) is 17.5. The maximum absolute atomic E-state index is 13.3. The second-order valence-corrected chi connectivity index (χ2v) is 10.8. The number of aliphatic hydroxyl groups is 2. The molecule has 162 valence electrons. The standard InChI is InChI=1S/C23H34O6/c1-21-9-7-17-19(18(25)12-14-11-15(24)6-8-22(14,17)2)16(21)4-3-13(21)5-10-23(28,29)20(26)27/h13-14,16-17,19,28-29H,3-12H2,1-2H3,(H,26,27). The van der Waals surface area contributed by atoms with Crippen LogP contribution in [0.4, 0.5) is 0 Å². The molecule has 3 N–H and O–H groups in total. The van der Waals surface area contributed by atoms with Crippen LogP contribution < -0.4 is 0 Å². The molecule has 4 fully saturated rings. The van der Waals surface area contributed by atoms with Gasteiger partial charge in [-0.2, -0.15) is 0 Å². The van der Waals surface area contributed by atoms with Crippen LogP contribution in [-0.4, -0.2) is 38.6 Å². The highest BCUT2D eigenvalue weighted by Gasteiger charge is 2.62. The molecule has 0 aromatic heterocycles. The molecule has 4 aliphatic carbocycles. The summed E-state index contributed by atoms with van der Waals surface area (Å²) in [6.45, 7) is 4.54. The van der Waals surface area contributed by atoms with Gasteiger partial charge in [0.2, 0.25) is 0 Å². The van der Waals surface area contributed by atoms with Crippen molar-refractivity contribution in [3.05, 3.63) is 0 Å². The number of hydrogen-bond donors (Lipinski definition) is 3. The summed E-state index contributed by atoms with van der Waals surface area (Å²) in [5, 5.41) is 28.4. The average molecular weight is 407 g/mol. The minimum Gasteiger partial charge on any atom is -0.477 e. The monoisotopic (exact) mass is 406 g/mol. The first-order chi connectivity index (χ1) is 13.5. The van der Waals surface area contributed by atoms with E-state index in [2.05, 4.69) is 13.8 Å². The lowest BCUT2D eigenvalue weighted by molar-refractivity contribution is -0.207. The first kappa shape index (κ1) is 21.0. The normalized spacial score (nSPS) is 44.8. The number of carboxylic acid groups (broad SMARTS) is 1. The van der Waals surface area contributed by atoms with Gasteiger partial charge in [0.15, 0.2) is 0 Å². The van der Waals surface area contributed by atoms with Gasteiger partial charge in [0.25, 0.3) is 5.79 Å². The molecule has 7 atom stereocenters. The quantitative estimate of drug-likeness (QED) is 0.619. The van der Waals surface area contributed by atoms with Crippen molar-refractivity contribution in [1.82, 2.24) is 0 Å². The first-order valence-electron chi connectivity index (χ1n) is 11.2. The van der Waals surface area contributed by atoms with Gasteiger partial charge >= 0.3 is 5.97 Å². The molecule has 7 unspecified atom stereocenters. The Morgan fingerprint density at radius 2 is 1.72 bits per heavy atom. The van der Waals surface area contributed by atoms with Crippen LogP contribution >= 0.6 is 0 Å². The number of aliphatic carboxylic acids is 1. The van der Waals surface area contributed by atoms with E-state index in [0.717, 1.165) is 32.1 Å². The molecule has 29 heavy (non-hydrogen) atoms. The summed E-state index contributed by atoms with van der Waals surface area (Å²) < 4.78 is 0. The summed E-state index contributed by atoms with van der Waals surface area (Å²) in [7, 11) is 0. The highest BCUT2D eigenvalue weighted by atomic mass is 16.5. The van der Waals surface area contributed by atoms with Crippen LogP contribution in [0, 0.1) is 40.4 Å². The minimum absolute atomic E-state index is 0.0423. The Labute approximate surface area is 172 Å². The summed E-state index contributed by atoms with van der Waals surface area (Å²) in [5.41, 5.74) is 0.0135. The molecule has 0 heterocycles. The summed E-state index contributed by atoms with van der Waals surface area (Å²) in [5.74, 6) is -2.59. The molecule has 0 saturated heterocycles. The van der Waals surface area contributed by atoms with E-state index < -0.39 is 11.8 Å². The van der Waals surface area contributed by atoms with E-state index in [1.807, 2.05) is 0 Å². The van der Waals surface area contributed by atoms with Crippen molar-refractivity contribution >= 4 is 17.5 Å². The van der Waals surface area contributed by atoms with Crippen LogP contribution in [0.15, 0.2) is 0 Å². The largest absolute Gasteiger partial charge is 0.477 e. The molecule has 0 aromatic carbocycles. The highest BCUT2D eigenvalue weighted by molar-refractivity contribution is 5.86. The Bertz CT molecular complexity index is 729. The predicted octanol–water partition coefficient (Wildman–Crippen LogP) is 2.94. The second kappa shape index (κ2) is 6.88. The molecule has 0 amide bonds. The van der Waals surface area contributed by atoms with E-state index in [-0.39, 0.29) is 40.9 Å². The van der Waals surface area contributed by atoms with Crippen LogP contribution in [0.25, 0.3) is 0 Å². The first-order valence-corrected chi connectivity index (χ1v) is 11.2. The predicted molar refractivity (Wildman–Crippen MR) is 105 cm³/mol. The zero-order valence-corrected chi connectivity index (χ0v) is 17.5. The van der Waals surface area contributed by atoms with Crippen molar-refractivity contribution in [2.45, 2.75) is 83.8 Å². The number of ketones is 2. The van der Waals surface area contributed by atoms with E-state index in [1.54, 1.807) is 0 Å². The molecule has 0 bridgehead atoms. The lowest BCUT2D eigenvalue weighted by Gasteiger charge is -2.59. The van der Waals surface area contributed by atoms with E-state index in [1.165, 1.54) is 0 Å². The average Bonchev–Trinajstić information content (AvgIpc) is 2.98. The van der Waals surface area contributed by atoms with Gasteiger partial charge in [0, 0.05) is 31.6 Å². The van der Waals surface area contributed by atoms with Gasteiger partial charge < -0.3 is 15.3 Å². The van der Waals surface area contributed by atoms with Crippen molar-refractivity contribution in [3.63, 3.8) is 0 Å². The van der Waals surface area contributed by atoms with Gasteiger partial charge in [-0.25, -0.2) is 4.79 Å². The number of rotatable bonds is 4. The number of carbonyl (C=O) groups excluding carboxylic acids is 2. The van der Waals surface area contributed by atoms with Gasteiger partial charge in [0.1, 0.15) is 11.6 Å². The van der Waals surface area contributed by atoms with Crippen molar-refractivity contribution < 1.29 is 29.7 Å². The minimum atomic E-state index is -2.68. The molecular weight excluding hydrogens is 372 g/mol. The van der Waals surface area contributed by atoms with Crippen molar-refractivity contribution in [2.24, 2.45) is 40.4 Å². The number of carbonyl (C=O) groups is 3. The Balaban J connectivity index is 1.54. The fraction of sp³-hybridized carbons (Fsp3) is 0.870. The van der Waals surface area contributed by atoms with E-state index in [0.29, 0.717) is 43.2 Å². The van der Waals surface area contributed by atoms with Gasteiger partial charge in [0.05, 0.1) is 0 Å². The Morgan fingerprint density at radius 1 is 1.03 bits per heavy atom. The van der Waals surface area contributed by atoms with Crippen LogP contribution in [0.1, 0.15) is 78.1 Å². The summed E-state index contributed by atoms with van der Waals surface area (Å²) in [6.07, 6.45) is 6.71. The molecule has 6 heteroatoms. The molecule has 4 rings (SSSR count). The van der Waals surface area contributed by atoms with Crippen LogP contribution in [0.5, 0.6) is 0 Å². The number of fused-ring (bicyclic) bond motifs is 5. The molecule has 0 aliphatic heterocycles. The third-order valence-electron chi connectivity index (χ3n) is 9.67. The Hall–Kier alpha value is -1.27.